The summed E-state index contributed by atoms with van der Waals surface area (Å²) in [4.78, 5) is 39.5. The Morgan fingerprint density at radius 1 is 1.35 bits per heavy atom. The molecule has 0 amide bonds. The Bertz CT molecular complexity index is 865. The molecule has 26 heavy (non-hydrogen) atoms. The predicted molar refractivity (Wildman–Crippen MR) is 99.3 cm³/mol. The van der Waals surface area contributed by atoms with E-state index in [1.54, 1.807) is 27.9 Å². The molecule has 142 valence electrons. The van der Waals surface area contributed by atoms with E-state index in [2.05, 4.69) is 15.2 Å². The van der Waals surface area contributed by atoms with E-state index < -0.39 is 5.25 Å². The smallest absolute Gasteiger partial charge is 0.343 e. The van der Waals surface area contributed by atoms with Gasteiger partial charge in [-0.05, 0) is 39.7 Å². The molecule has 1 unspecified atom stereocenters. The molecule has 0 spiro atoms. The van der Waals surface area contributed by atoms with Gasteiger partial charge >= 0.3 is 5.69 Å². The number of carbonyl (C=O) groups excluding carboxylic acids is 2. The highest BCUT2D eigenvalue weighted by molar-refractivity contribution is 8.00. The van der Waals surface area contributed by atoms with Crippen LogP contribution in [0.25, 0.3) is 0 Å². The van der Waals surface area contributed by atoms with Crippen molar-refractivity contribution < 1.29 is 14.3 Å². The van der Waals surface area contributed by atoms with E-state index in [9.17, 15) is 14.4 Å². The molecule has 0 aliphatic heterocycles. The van der Waals surface area contributed by atoms with Crippen molar-refractivity contribution in [2.75, 3.05) is 13.7 Å². The van der Waals surface area contributed by atoms with Gasteiger partial charge < -0.3 is 9.72 Å². The second-order valence-corrected chi connectivity index (χ2v) is 7.42. The highest BCUT2D eigenvalue weighted by Crippen LogP contribution is 2.26. The van der Waals surface area contributed by atoms with Crippen LogP contribution in [0.4, 0.5) is 0 Å². The standard InChI is InChI=1S/C17H24N4O4S/c1-9-13(11(3)22)10(2)18-14(9)15(23)12(4)26-17-20-19-16(24)21(17)7-6-8-25-5/h12,18H,6-8H2,1-5H3,(H,19,24). The minimum atomic E-state index is -0.470. The van der Waals surface area contributed by atoms with E-state index in [4.69, 9.17) is 4.74 Å². The summed E-state index contributed by atoms with van der Waals surface area (Å²) in [5.74, 6) is -0.211. The number of aryl methyl sites for hydroxylation is 1. The number of thioether (sulfide) groups is 1. The first-order chi connectivity index (χ1) is 12.3. The Morgan fingerprint density at radius 2 is 2.04 bits per heavy atom. The monoisotopic (exact) mass is 380 g/mol. The van der Waals surface area contributed by atoms with Gasteiger partial charge in [0.05, 0.1) is 10.9 Å². The van der Waals surface area contributed by atoms with Gasteiger partial charge in [-0.2, -0.15) is 0 Å². The summed E-state index contributed by atoms with van der Waals surface area (Å²) in [5.41, 5.74) is 2.02. The van der Waals surface area contributed by atoms with E-state index in [0.717, 1.165) is 0 Å². The number of Topliss-reactive ketones (excluding diaryl/α,β-unsaturated/α-hetero) is 2. The maximum Gasteiger partial charge on any atom is 0.343 e. The van der Waals surface area contributed by atoms with Crippen LogP contribution < -0.4 is 5.69 Å². The normalized spacial score (nSPS) is 12.3. The zero-order chi connectivity index (χ0) is 19.4. The van der Waals surface area contributed by atoms with Gasteiger partial charge in [0.1, 0.15) is 0 Å². The van der Waals surface area contributed by atoms with Crippen molar-refractivity contribution in [2.45, 2.75) is 51.1 Å². The van der Waals surface area contributed by atoms with Gasteiger partial charge in [-0.15, -0.1) is 5.10 Å². The van der Waals surface area contributed by atoms with Gasteiger partial charge in [0.15, 0.2) is 16.7 Å². The minimum absolute atomic E-state index is 0.0742. The molecule has 2 aromatic rings. The number of H-pyrrole nitrogens is 2. The van der Waals surface area contributed by atoms with Crippen molar-refractivity contribution in [3.63, 3.8) is 0 Å². The molecule has 2 rings (SSSR count). The summed E-state index contributed by atoms with van der Waals surface area (Å²) in [6, 6.07) is 0. The number of carbonyl (C=O) groups is 2. The molecule has 0 bridgehead atoms. The Labute approximate surface area is 155 Å². The third-order valence-electron chi connectivity index (χ3n) is 4.14. The fraction of sp³-hybridized carbons (Fsp3) is 0.529. The largest absolute Gasteiger partial charge is 0.385 e. The van der Waals surface area contributed by atoms with Crippen molar-refractivity contribution in [3.8, 4) is 0 Å². The predicted octanol–water partition coefficient (Wildman–Crippen LogP) is 2.12. The lowest BCUT2D eigenvalue weighted by Crippen LogP contribution is -2.20. The van der Waals surface area contributed by atoms with Crippen LogP contribution in [0, 0.1) is 13.8 Å². The number of ether oxygens (including phenoxy) is 1. The van der Waals surface area contributed by atoms with Crippen molar-refractivity contribution in [2.24, 2.45) is 0 Å². The zero-order valence-electron chi connectivity index (χ0n) is 15.6. The number of nitrogens with one attached hydrogen (secondary N) is 2. The second kappa shape index (κ2) is 8.50. The summed E-state index contributed by atoms with van der Waals surface area (Å²) >= 11 is 1.21. The van der Waals surface area contributed by atoms with Crippen molar-refractivity contribution in [1.82, 2.24) is 19.7 Å². The summed E-state index contributed by atoms with van der Waals surface area (Å²) in [5, 5.41) is 6.42. The number of aromatic nitrogens is 4. The molecule has 0 radical (unpaired) electrons. The first kappa shape index (κ1) is 20.2. The van der Waals surface area contributed by atoms with Crippen molar-refractivity contribution >= 4 is 23.3 Å². The maximum atomic E-state index is 12.8. The number of methoxy groups -OCH3 is 1. The third kappa shape index (κ3) is 4.16. The Balaban J connectivity index is 2.19. The van der Waals surface area contributed by atoms with Gasteiger partial charge in [-0.1, -0.05) is 11.8 Å². The fourth-order valence-electron chi connectivity index (χ4n) is 2.90. The molecule has 1 atom stereocenters. The van der Waals surface area contributed by atoms with E-state index in [0.29, 0.717) is 47.2 Å². The molecule has 0 aliphatic rings. The van der Waals surface area contributed by atoms with Gasteiger partial charge in [-0.3, -0.25) is 14.2 Å². The van der Waals surface area contributed by atoms with Crippen molar-refractivity contribution in [1.29, 1.82) is 0 Å². The maximum absolute atomic E-state index is 12.8. The summed E-state index contributed by atoms with van der Waals surface area (Å²) in [6.07, 6.45) is 0.669. The molecule has 2 N–H and O–H groups in total. The van der Waals surface area contributed by atoms with Crippen LogP contribution in [0.3, 0.4) is 0 Å². The van der Waals surface area contributed by atoms with Gasteiger partial charge in [0.2, 0.25) is 0 Å². The van der Waals surface area contributed by atoms with Crippen LogP contribution >= 0.6 is 11.8 Å². The van der Waals surface area contributed by atoms with E-state index in [1.165, 1.54) is 23.3 Å². The first-order valence-corrected chi connectivity index (χ1v) is 9.21. The average Bonchev–Trinajstić information content (AvgIpc) is 3.07. The number of hydrogen-bond donors (Lipinski definition) is 2. The number of nitrogens with zero attached hydrogens (tertiary/aromatic N) is 2. The quantitative estimate of drug-likeness (QED) is 0.392. The van der Waals surface area contributed by atoms with E-state index in [-0.39, 0.29) is 17.3 Å². The van der Waals surface area contributed by atoms with E-state index >= 15 is 0 Å². The van der Waals surface area contributed by atoms with Crippen LogP contribution in [0.5, 0.6) is 0 Å². The fourth-order valence-corrected chi connectivity index (χ4v) is 3.84. The molecule has 2 heterocycles. The lowest BCUT2D eigenvalue weighted by molar-refractivity contribution is 0.0988. The van der Waals surface area contributed by atoms with Crippen LogP contribution in [0.1, 0.15) is 52.4 Å². The SMILES string of the molecule is COCCCn1c(SC(C)C(=O)c2[nH]c(C)c(C(C)=O)c2C)n[nH]c1=O. The first-order valence-electron chi connectivity index (χ1n) is 8.33. The van der Waals surface area contributed by atoms with Crippen LogP contribution in [-0.4, -0.2) is 50.3 Å². The minimum Gasteiger partial charge on any atom is -0.385 e. The van der Waals surface area contributed by atoms with Gasteiger partial charge in [-0.25, -0.2) is 9.89 Å². The molecular formula is C17H24N4O4S. The molecule has 8 nitrogen and oxygen atoms in total. The molecule has 0 saturated carbocycles. The number of aromatic amines is 2. The summed E-state index contributed by atoms with van der Waals surface area (Å²) in [7, 11) is 1.60. The molecule has 0 aromatic carbocycles. The third-order valence-corrected chi connectivity index (χ3v) is 5.23. The molecular weight excluding hydrogens is 356 g/mol. The van der Waals surface area contributed by atoms with Crippen LogP contribution in [0.15, 0.2) is 9.95 Å². The highest BCUT2D eigenvalue weighted by Gasteiger charge is 2.25. The molecule has 9 heteroatoms. The van der Waals surface area contributed by atoms with Crippen molar-refractivity contribution in [3.05, 3.63) is 33.0 Å². The number of rotatable bonds is 9. The average molecular weight is 380 g/mol. The molecule has 2 aromatic heterocycles. The summed E-state index contributed by atoms with van der Waals surface area (Å²) < 4.78 is 6.51. The Kier molecular flexibility index (Phi) is 6.60. The molecule has 0 saturated heterocycles. The molecule has 0 aliphatic carbocycles. The zero-order valence-corrected chi connectivity index (χ0v) is 16.5. The van der Waals surface area contributed by atoms with Gasteiger partial charge in [0.25, 0.3) is 0 Å². The van der Waals surface area contributed by atoms with Crippen LogP contribution in [0.2, 0.25) is 0 Å². The second-order valence-electron chi connectivity index (χ2n) is 6.11. The Morgan fingerprint density at radius 3 is 2.62 bits per heavy atom. The highest BCUT2D eigenvalue weighted by atomic mass is 32.2. The Hall–Kier alpha value is -2.13. The summed E-state index contributed by atoms with van der Waals surface area (Å²) in [6.45, 7) is 7.78. The lowest BCUT2D eigenvalue weighted by Gasteiger charge is -2.10. The molecule has 0 fully saturated rings. The lowest BCUT2D eigenvalue weighted by atomic mass is 10.0. The topological polar surface area (TPSA) is 110 Å². The van der Waals surface area contributed by atoms with E-state index in [1.807, 2.05) is 0 Å². The van der Waals surface area contributed by atoms with Crippen LogP contribution in [-0.2, 0) is 11.3 Å². The number of hydrogen-bond acceptors (Lipinski definition) is 6. The van der Waals surface area contributed by atoms with Gasteiger partial charge in [0, 0.05) is 31.5 Å². The number of ketones is 2.